The molecule has 0 atom stereocenters. The van der Waals surface area contributed by atoms with Crippen molar-refractivity contribution in [1.29, 1.82) is 0 Å². The number of rotatable bonds is 4. The molecule has 0 fully saturated rings. The maximum absolute atomic E-state index is 6.65. The van der Waals surface area contributed by atoms with Crippen molar-refractivity contribution in [3.05, 3.63) is 81.3 Å². The summed E-state index contributed by atoms with van der Waals surface area (Å²) in [5.41, 5.74) is 8.27. The zero-order chi connectivity index (χ0) is 13.9. The third kappa shape index (κ3) is 3.16. The minimum Gasteiger partial charge on any atom is -0.317 e. The van der Waals surface area contributed by atoms with Crippen molar-refractivity contribution in [1.82, 2.24) is 0 Å². The fourth-order valence-electron chi connectivity index (χ4n) is 2.12. The van der Waals surface area contributed by atoms with E-state index in [1.54, 1.807) is 0 Å². The number of hydrogen-bond acceptors (Lipinski definition) is 1. The lowest BCUT2D eigenvalue weighted by Gasteiger charge is -2.30. The minimum atomic E-state index is -0.539. The number of nitrogens with two attached hydrogens (primary N) is 1. The Morgan fingerprint density at radius 2 is 1.26 bits per heavy atom. The molecule has 1 nitrogen and oxygen atoms in total. The molecule has 2 aromatic rings. The molecule has 0 bridgehead atoms. The molecule has 2 rings (SSSR count). The van der Waals surface area contributed by atoms with Crippen LogP contribution in [0, 0.1) is 0 Å². The van der Waals surface area contributed by atoms with Crippen molar-refractivity contribution < 1.29 is 0 Å². The fourth-order valence-corrected chi connectivity index (χ4v) is 2.65. The maximum Gasteiger partial charge on any atom is 0.0700 e. The summed E-state index contributed by atoms with van der Waals surface area (Å²) >= 11 is 6.90. The molecule has 0 heterocycles. The van der Waals surface area contributed by atoms with E-state index in [1.165, 1.54) is 0 Å². The second-order valence-electron chi connectivity index (χ2n) is 4.48. The van der Waals surface area contributed by atoms with Crippen molar-refractivity contribution >= 4 is 31.9 Å². The number of hydrogen-bond donors (Lipinski definition) is 1. The zero-order valence-corrected chi connectivity index (χ0v) is 13.6. The summed E-state index contributed by atoms with van der Waals surface area (Å²) in [5, 5.41) is 0. The molecule has 98 valence electrons. The molecule has 0 radical (unpaired) electrons. The van der Waals surface area contributed by atoms with E-state index in [2.05, 4.69) is 62.7 Å². The molecule has 0 aromatic heterocycles. The van der Waals surface area contributed by atoms with Crippen molar-refractivity contribution in [3.63, 3.8) is 0 Å². The first-order valence-corrected chi connectivity index (χ1v) is 7.57. The molecule has 0 amide bonds. The summed E-state index contributed by atoms with van der Waals surface area (Å²) in [6.45, 7) is 3.83. The molecular formula is C16H15Br2N. The highest BCUT2D eigenvalue weighted by Gasteiger charge is 2.28. The Morgan fingerprint density at radius 1 is 0.895 bits per heavy atom. The summed E-state index contributed by atoms with van der Waals surface area (Å²) < 4.78 is 2.10. The van der Waals surface area contributed by atoms with E-state index in [9.17, 15) is 0 Å². The Morgan fingerprint density at radius 3 is 1.58 bits per heavy atom. The lowest BCUT2D eigenvalue weighted by molar-refractivity contribution is 0.547. The summed E-state index contributed by atoms with van der Waals surface area (Å²) in [4.78, 5) is 0. The van der Waals surface area contributed by atoms with E-state index in [0.29, 0.717) is 6.42 Å². The fraction of sp³-hybridized carbons (Fsp3) is 0.125. The first kappa shape index (κ1) is 14.5. The van der Waals surface area contributed by atoms with Crippen LogP contribution in [0.3, 0.4) is 0 Å². The van der Waals surface area contributed by atoms with Gasteiger partial charge >= 0.3 is 0 Å². The predicted octanol–water partition coefficient (Wildman–Crippen LogP) is 4.99. The summed E-state index contributed by atoms with van der Waals surface area (Å²) in [6, 6.07) is 16.3. The SMILES string of the molecule is C=CCC(N)(c1ccc(Br)cc1)c1ccc(Br)cc1. The van der Waals surface area contributed by atoms with Crippen LogP contribution in [-0.4, -0.2) is 0 Å². The third-order valence-electron chi connectivity index (χ3n) is 3.19. The molecule has 0 aliphatic heterocycles. The molecule has 19 heavy (non-hydrogen) atoms. The van der Waals surface area contributed by atoms with Gasteiger partial charge in [0.2, 0.25) is 0 Å². The molecule has 0 aliphatic rings. The van der Waals surface area contributed by atoms with E-state index in [1.807, 2.05) is 30.3 Å². The molecule has 0 saturated carbocycles. The van der Waals surface area contributed by atoms with E-state index in [-0.39, 0.29) is 0 Å². The Bertz CT molecular complexity index is 513. The first-order chi connectivity index (χ1) is 9.06. The largest absolute Gasteiger partial charge is 0.317 e. The highest BCUT2D eigenvalue weighted by atomic mass is 79.9. The van der Waals surface area contributed by atoms with Crippen LogP contribution < -0.4 is 5.73 Å². The average Bonchev–Trinajstić information content (AvgIpc) is 2.40. The standard InChI is InChI=1S/C16H15Br2N/c1-2-11-16(19,12-3-7-14(17)8-4-12)13-5-9-15(18)10-6-13/h2-10H,1,11,19H2. The van der Waals surface area contributed by atoms with Gasteiger partial charge in [-0.1, -0.05) is 62.2 Å². The molecule has 0 unspecified atom stereocenters. The van der Waals surface area contributed by atoms with Gasteiger partial charge in [0.1, 0.15) is 0 Å². The number of halogens is 2. The monoisotopic (exact) mass is 379 g/mol. The van der Waals surface area contributed by atoms with Gasteiger partial charge in [-0.15, -0.1) is 6.58 Å². The first-order valence-electron chi connectivity index (χ1n) is 5.98. The molecule has 0 saturated heterocycles. The van der Waals surface area contributed by atoms with E-state index in [4.69, 9.17) is 5.73 Å². The highest BCUT2D eigenvalue weighted by molar-refractivity contribution is 9.10. The minimum absolute atomic E-state index is 0.539. The van der Waals surface area contributed by atoms with E-state index >= 15 is 0 Å². The van der Waals surface area contributed by atoms with Crippen LogP contribution in [0.25, 0.3) is 0 Å². The molecule has 2 N–H and O–H groups in total. The normalized spacial score (nSPS) is 11.3. The quantitative estimate of drug-likeness (QED) is 0.743. The van der Waals surface area contributed by atoms with Gasteiger partial charge in [-0.2, -0.15) is 0 Å². The Labute approximate surface area is 130 Å². The van der Waals surface area contributed by atoms with Crippen molar-refractivity contribution in [2.45, 2.75) is 12.0 Å². The predicted molar refractivity (Wildman–Crippen MR) is 88.1 cm³/mol. The van der Waals surface area contributed by atoms with Gasteiger partial charge < -0.3 is 5.73 Å². The molecule has 2 aromatic carbocycles. The molecule has 0 spiro atoms. The second-order valence-corrected chi connectivity index (χ2v) is 6.31. The molecule has 3 heteroatoms. The summed E-state index contributed by atoms with van der Waals surface area (Å²) in [5.74, 6) is 0. The van der Waals surface area contributed by atoms with Crippen molar-refractivity contribution in [3.8, 4) is 0 Å². The van der Waals surface area contributed by atoms with E-state index in [0.717, 1.165) is 20.1 Å². The molecular weight excluding hydrogens is 366 g/mol. The van der Waals surface area contributed by atoms with Crippen LogP contribution in [0.5, 0.6) is 0 Å². The second kappa shape index (κ2) is 6.04. The van der Waals surface area contributed by atoms with Gasteiger partial charge in [0.15, 0.2) is 0 Å². The van der Waals surface area contributed by atoms with Crippen molar-refractivity contribution in [2.75, 3.05) is 0 Å². The zero-order valence-electron chi connectivity index (χ0n) is 10.4. The van der Waals surface area contributed by atoms with Gasteiger partial charge in [0.25, 0.3) is 0 Å². The van der Waals surface area contributed by atoms with Crippen LogP contribution in [0.15, 0.2) is 70.1 Å². The maximum atomic E-state index is 6.65. The van der Waals surface area contributed by atoms with Gasteiger partial charge in [-0.05, 0) is 41.8 Å². The lowest BCUT2D eigenvalue weighted by atomic mass is 9.81. The molecule has 0 aliphatic carbocycles. The Kier molecular flexibility index (Phi) is 4.61. The van der Waals surface area contributed by atoms with Crippen LogP contribution in [0.1, 0.15) is 17.5 Å². The van der Waals surface area contributed by atoms with Gasteiger partial charge in [-0.25, -0.2) is 0 Å². The van der Waals surface area contributed by atoms with Crippen molar-refractivity contribution in [2.24, 2.45) is 5.73 Å². The average molecular weight is 381 g/mol. The van der Waals surface area contributed by atoms with Gasteiger partial charge in [0.05, 0.1) is 5.54 Å². The van der Waals surface area contributed by atoms with E-state index < -0.39 is 5.54 Å². The summed E-state index contributed by atoms with van der Waals surface area (Å²) in [6.07, 6.45) is 2.56. The van der Waals surface area contributed by atoms with Crippen LogP contribution in [-0.2, 0) is 5.54 Å². The third-order valence-corrected chi connectivity index (χ3v) is 4.24. The Hall–Kier alpha value is -0.900. The van der Waals surface area contributed by atoms with Gasteiger partial charge in [0, 0.05) is 8.95 Å². The number of benzene rings is 2. The van der Waals surface area contributed by atoms with Crippen LogP contribution in [0.2, 0.25) is 0 Å². The Balaban J connectivity index is 2.50. The van der Waals surface area contributed by atoms with Gasteiger partial charge in [-0.3, -0.25) is 0 Å². The topological polar surface area (TPSA) is 26.0 Å². The summed E-state index contributed by atoms with van der Waals surface area (Å²) in [7, 11) is 0. The smallest absolute Gasteiger partial charge is 0.0700 e. The lowest BCUT2D eigenvalue weighted by Crippen LogP contribution is -2.37. The highest BCUT2D eigenvalue weighted by Crippen LogP contribution is 2.32. The van der Waals surface area contributed by atoms with Crippen LogP contribution in [0.4, 0.5) is 0 Å². The van der Waals surface area contributed by atoms with Crippen LogP contribution >= 0.6 is 31.9 Å².